The third-order valence-electron chi connectivity index (χ3n) is 3.32. The summed E-state index contributed by atoms with van der Waals surface area (Å²) < 4.78 is 20.8. The van der Waals surface area contributed by atoms with Gasteiger partial charge in [0.1, 0.15) is 11.6 Å². The number of benzene rings is 1. The van der Waals surface area contributed by atoms with Gasteiger partial charge in [-0.3, -0.25) is 4.68 Å². The number of ether oxygens (including phenoxy) is 1. The zero-order chi connectivity index (χ0) is 14.7. The van der Waals surface area contributed by atoms with Gasteiger partial charge in [-0.25, -0.2) is 4.39 Å². The molecule has 1 atom stereocenters. The Labute approximate surface area is 118 Å². The van der Waals surface area contributed by atoms with Gasteiger partial charge in [0.15, 0.2) is 0 Å². The Kier molecular flexibility index (Phi) is 4.39. The van der Waals surface area contributed by atoms with Crippen LogP contribution in [0.15, 0.2) is 24.3 Å². The third-order valence-corrected chi connectivity index (χ3v) is 3.32. The van der Waals surface area contributed by atoms with Crippen LogP contribution in [0.5, 0.6) is 5.75 Å². The summed E-state index contributed by atoms with van der Waals surface area (Å²) in [4.78, 5) is 0. The summed E-state index contributed by atoms with van der Waals surface area (Å²) in [5.41, 5.74) is 2.71. The van der Waals surface area contributed by atoms with Gasteiger partial charge in [0, 0.05) is 12.1 Å². The zero-order valence-corrected chi connectivity index (χ0v) is 12.3. The van der Waals surface area contributed by atoms with Crippen molar-refractivity contribution in [1.82, 2.24) is 15.1 Å². The minimum absolute atomic E-state index is 0.165. The molecule has 1 unspecified atom stereocenters. The molecule has 0 aliphatic carbocycles. The van der Waals surface area contributed by atoms with Crippen molar-refractivity contribution in [2.75, 3.05) is 14.2 Å². The molecule has 0 radical (unpaired) electrons. The lowest BCUT2D eigenvalue weighted by molar-refractivity contribution is 0.402. The summed E-state index contributed by atoms with van der Waals surface area (Å²) >= 11 is 0. The number of hydrogen-bond donors (Lipinski definition) is 1. The smallest absolute Gasteiger partial charge is 0.124 e. The molecule has 0 bridgehead atoms. The van der Waals surface area contributed by atoms with Crippen LogP contribution < -0.4 is 10.1 Å². The van der Waals surface area contributed by atoms with E-state index in [-0.39, 0.29) is 11.9 Å². The lowest BCUT2D eigenvalue weighted by atomic mass is 10.0. The highest BCUT2D eigenvalue weighted by Gasteiger charge is 2.21. The van der Waals surface area contributed by atoms with Gasteiger partial charge in [-0.15, -0.1) is 0 Å². The lowest BCUT2D eigenvalue weighted by Crippen LogP contribution is -2.22. The van der Waals surface area contributed by atoms with E-state index in [0.29, 0.717) is 5.75 Å². The van der Waals surface area contributed by atoms with Crippen LogP contribution in [-0.4, -0.2) is 23.9 Å². The van der Waals surface area contributed by atoms with Crippen molar-refractivity contribution in [2.24, 2.45) is 0 Å². The molecule has 1 N–H and O–H groups in total. The molecule has 20 heavy (non-hydrogen) atoms. The zero-order valence-electron chi connectivity index (χ0n) is 12.3. The van der Waals surface area contributed by atoms with Crippen molar-refractivity contribution in [1.29, 1.82) is 0 Å². The minimum atomic E-state index is -0.277. The molecule has 1 aromatic heterocycles. The molecule has 0 aliphatic rings. The molecule has 1 heterocycles. The standard InChI is InChI=1S/C15H20FN3O/c1-5-19-13(8-10(2)18-19)15(17-3)12-9-11(16)6-7-14(12)20-4/h6-9,15,17H,5H2,1-4H3. The van der Waals surface area contributed by atoms with Crippen LogP contribution in [0, 0.1) is 12.7 Å². The predicted octanol–water partition coefficient (Wildman–Crippen LogP) is 2.67. The monoisotopic (exact) mass is 277 g/mol. The normalized spacial score (nSPS) is 12.4. The summed E-state index contributed by atoms with van der Waals surface area (Å²) in [6, 6.07) is 6.39. The Morgan fingerprint density at radius 2 is 2.15 bits per heavy atom. The number of rotatable bonds is 5. The van der Waals surface area contributed by atoms with E-state index in [1.807, 2.05) is 31.6 Å². The SMILES string of the molecule is CCn1nc(C)cc1C(NC)c1cc(F)ccc1OC. The van der Waals surface area contributed by atoms with E-state index in [1.54, 1.807) is 13.2 Å². The van der Waals surface area contributed by atoms with Gasteiger partial charge in [-0.2, -0.15) is 5.10 Å². The molecule has 0 saturated carbocycles. The van der Waals surface area contributed by atoms with Crippen LogP contribution in [0.3, 0.4) is 0 Å². The van der Waals surface area contributed by atoms with E-state index in [4.69, 9.17) is 4.74 Å². The van der Waals surface area contributed by atoms with Crippen molar-refractivity contribution in [3.8, 4) is 5.75 Å². The van der Waals surface area contributed by atoms with Gasteiger partial charge in [-0.05, 0) is 45.2 Å². The molecule has 5 heteroatoms. The van der Waals surface area contributed by atoms with Gasteiger partial charge in [-0.1, -0.05) is 0 Å². The summed E-state index contributed by atoms with van der Waals surface area (Å²) in [7, 11) is 3.43. The molecule has 0 aliphatic heterocycles. The van der Waals surface area contributed by atoms with Gasteiger partial charge in [0.2, 0.25) is 0 Å². The van der Waals surface area contributed by atoms with E-state index in [9.17, 15) is 4.39 Å². The lowest BCUT2D eigenvalue weighted by Gasteiger charge is -2.20. The van der Waals surface area contributed by atoms with Crippen molar-refractivity contribution < 1.29 is 9.13 Å². The molecule has 0 saturated heterocycles. The summed E-state index contributed by atoms with van der Waals surface area (Å²) in [5, 5.41) is 7.66. The van der Waals surface area contributed by atoms with E-state index in [2.05, 4.69) is 10.4 Å². The first-order valence-corrected chi connectivity index (χ1v) is 6.65. The Balaban J connectivity index is 2.54. The maximum Gasteiger partial charge on any atom is 0.124 e. The number of nitrogens with one attached hydrogen (secondary N) is 1. The number of nitrogens with zero attached hydrogens (tertiary/aromatic N) is 2. The quantitative estimate of drug-likeness (QED) is 0.913. The highest BCUT2D eigenvalue weighted by atomic mass is 19.1. The van der Waals surface area contributed by atoms with Gasteiger partial charge in [0.25, 0.3) is 0 Å². The molecular weight excluding hydrogens is 257 g/mol. The van der Waals surface area contributed by atoms with Crippen LogP contribution in [0.1, 0.15) is 29.9 Å². The van der Waals surface area contributed by atoms with Crippen LogP contribution in [0.4, 0.5) is 4.39 Å². The highest BCUT2D eigenvalue weighted by molar-refractivity contribution is 5.40. The van der Waals surface area contributed by atoms with Gasteiger partial charge >= 0.3 is 0 Å². The van der Waals surface area contributed by atoms with Crippen molar-refractivity contribution in [2.45, 2.75) is 26.4 Å². The molecule has 0 spiro atoms. The molecule has 0 amide bonds. The average Bonchev–Trinajstić information content (AvgIpc) is 2.81. The second-order valence-electron chi connectivity index (χ2n) is 4.63. The minimum Gasteiger partial charge on any atom is -0.496 e. The molecule has 0 fully saturated rings. The Bertz CT molecular complexity index is 595. The van der Waals surface area contributed by atoms with Crippen LogP contribution >= 0.6 is 0 Å². The molecule has 108 valence electrons. The van der Waals surface area contributed by atoms with E-state index in [1.165, 1.54) is 12.1 Å². The van der Waals surface area contributed by atoms with E-state index in [0.717, 1.165) is 23.5 Å². The Hall–Kier alpha value is -1.88. The Morgan fingerprint density at radius 1 is 1.40 bits per heavy atom. The van der Waals surface area contributed by atoms with Crippen LogP contribution in [0.2, 0.25) is 0 Å². The summed E-state index contributed by atoms with van der Waals surface area (Å²) in [6.45, 7) is 4.75. The number of methoxy groups -OCH3 is 1. The number of hydrogen-bond acceptors (Lipinski definition) is 3. The number of halogens is 1. The predicted molar refractivity (Wildman–Crippen MR) is 76.5 cm³/mol. The fourth-order valence-corrected chi connectivity index (χ4v) is 2.44. The van der Waals surface area contributed by atoms with Crippen LogP contribution in [-0.2, 0) is 6.54 Å². The second kappa shape index (κ2) is 6.05. The van der Waals surface area contributed by atoms with Gasteiger partial charge in [0.05, 0.1) is 24.5 Å². The first-order valence-electron chi connectivity index (χ1n) is 6.65. The Morgan fingerprint density at radius 3 is 2.75 bits per heavy atom. The van der Waals surface area contributed by atoms with Crippen molar-refractivity contribution in [3.63, 3.8) is 0 Å². The average molecular weight is 277 g/mol. The maximum atomic E-state index is 13.6. The van der Waals surface area contributed by atoms with E-state index >= 15 is 0 Å². The highest BCUT2D eigenvalue weighted by Crippen LogP contribution is 2.30. The number of aromatic nitrogens is 2. The fraction of sp³-hybridized carbons (Fsp3) is 0.400. The first kappa shape index (κ1) is 14.5. The largest absolute Gasteiger partial charge is 0.496 e. The topological polar surface area (TPSA) is 39.1 Å². The summed E-state index contributed by atoms with van der Waals surface area (Å²) in [5.74, 6) is 0.382. The molecular formula is C15H20FN3O. The molecule has 4 nitrogen and oxygen atoms in total. The summed E-state index contributed by atoms with van der Waals surface area (Å²) in [6.07, 6.45) is 0. The fourth-order valence-electron chi connectivity index (χ4n) is 2.44. The maximum absolute atomic E-state index is 13.6. The molecule has 1 aromatic carbocycles. The van der Waals surface area contributed by atoms with E-state index < -0.39 is 0 Å². The molecule has 2 rings (SSSR count). The van der Waals surface area contributed by atoms with Crippen molar-refractivity contribution in [3.05, 3.63) is 47.0 Å². The first-order chi connectivity index (χ1) is 9.60. The third kappa shape index (κ3) is 2.67. The second-order valence-corrected chi connectivity index (χ2v) is 4.63. The van der Waals surface area contributed by atoms with Crippen molar-refractivity contribution >= 4 is 0 Å². The number of aryl methyl sites for hydroxylation is 2. The van der Waals surface area contributed by atoms with Crippen LogP contribution in [0.25, 0.3) is 0 Å². The van der Waals surface area contributed by atoms with Gasteiger partial charge < -0.3 is 10.1 Å². The molecule has 2 aromatic rings.